The highest BCUT2D eigenvalue weighted by Crippen LogP contribution is 2.30. The number of nitrogens with zero attached hydrogens (tertiary/aromatic N) is 2. The summed E-state index contributed by atoms with van der Waals surface area (Å²) in [6.07, 6.45) is 4.03. The van der Waals surface area contributed by atoms with E-state index in [1.165, 1.54) is 16.1 Å². The minimum absolute atomic E-state index is 0.0843. The third kappa shape index (κ3) is 3.77. The Kier molecular flexibility index (Phi) is 5.01. The fourth-order valence-corrected chi connectivity index (χ4v) is 3.87. The monoisotopic (exact) mass is 361 g/mol. The van der Waals surface area contributed by atoms with Gasteiger partial charge in [-0.15, -0.1) is 0 Å². The number of anilines is 1. The lowest BCUT2D eigenvalue weighted by Gasteiger charge is -2.26. The van der Waals surface area contributed by atoms with Gasteiger partial charge in [0.15, 0.2) is 0 Å². The van der Waals surface area contributed by atoms with Gasteiger partial charge in [-0.3, -0.25) is 9.59 Å². The molecule has 0 radical (unpaired) electrons. The molecule has 1 N–H and O–H groups in total. The van der Waals surface area contributed by atoms with Gasteiger partial charge in [-0.1, -0.05) is 42.5 Å². The predicted molar refractivity (Wildman–Crippen MR) is 106 cm³/mol. The first-order valence-corrected chi connectivity index (χ1v) is 9.54. The molecule has 0 fully saturated rings. The van der Waals surface area contributed by atoms with Crippen molar-refractivity contribution in [1.29, 1.82) is 0 Å². The number of para-hydroxylation sites is 1. The van der Waals surface area contributed by atoms with Gasteiger partial charge in [0.25, 0.3) is 5.91 Å². The highest BCUT2D eigenvalue weighted by atomic mass is 16.2. The Labute approximate surface area is 159 Å². The van der Waals surface area contributed by atoms with Gasteiger partial charge < -0.3 is 5.32 Å². The number of amides is 2. The second-order valence-electron chi connectivity index (χ2n) is 7.09. The highest BCUT2D eigenvalue weighted by molar-refractivity contribution is 6.40. The summed E-state index contributed by atoms with van der Waals surface area (Å²) in [5.41, 5.74) is 3.84. The largest absolute Gasteiger partial charge is 0.350 e. The van der Waals surface area contributed by atoms with E-state index in [0.29, 0.717) is 36.7 Å². The summed E-state index contributed by atoms with van der Waals surface area (Å²) < 4.78 is 0. The number of nitrogens with one attached hydrogen (secondary N) is 1. The molecule has 1 atom stereocenters. The maximum Gasteiger partial charge on any atom is 0.267 e. The normalized spacial score (nSPS) is 19.3. The summed E-state index contributed by atoms with van der Waals surface area (Å²) in [7, 11) is 0. The van der Waals surface area contributed by atoms with Crippen LogP contribution in [0.4, 0.5) is 5.69 Å². The Morgan fingerprint density at radius 1 is 1.04 bits per heavy atom. The highest BCUT2D eigenvalue weighted by Gasteiger charge is 2.26. The average Bonchev–Trinajstić information content (AvgIpc) is 2.73. The van der Waals surface area contributed by atoms with Gasteiger partial charge in [-0.25, -0.2) is 5.01 Å². The van der Waals surface area contributed by atoms with E-state index in [0.717, 1.165) is 19.3 Å². The van der Waals surface area contributed by atoms with Crippen molar-refractivity contribution in [3.05, 3.63) is 65.7 Å². The molecule has 5 nitrogen and oxygen atoms in total. The molecule has 4 rings (SSSR count). The van der Waals surface area contributed by atoms with Crippen molar-refractivity contribution in [2.24, 2.45) is 5.10 Å². The summed E-state index contributed by atoms with van der Waals surface area (Å²) in [5, 5.41) is 8.71. The van der Waals surface area contributed by atoms with Crippen LogP contribution in [0.3, 0.4) is 0 Å². The van der Waals surface area contributed by atoms with Gasteiger partial charge in [-0.2, -0.15) is 5.10 Å². The van der Waals surface area contributed by atoms with Crippen LogP contribution in [0.15, 0.2) is 59.7 Å². The number of benzene rings is 2. The number of fused-ring (bicyclic) bond motifs is 1. The number of hydrazone groups is 1. The molecule has 1 aliphatic heterocycles. The molecular weight excluding hydrogens is 338 g/mol. The van der Waals surface area contributed by atoms with Crippen LogP contribution in [-0.2, 0) is 16.0 Å². The molecule has 1 unspecified atom stereocenters. The SMILES string of the molecule is O=C(NCC1CCCc2ccccc21)C1=NN(c2ccccc2)C(=O)CC1. The molecule has 2 amide bonds. The molecule has 0 bridgehead atoms. The van der Waals surface area contributed by atoms with Gasteiger partial charge in [0.1, 0.15) is 5.71 Å². The third-order valence-corrected chi connectivity index (χ3v) is 5.30. The second kappa shape index (κ2) is 7.74. The van der Waals surface area contributed by atoms with Crippen LogP contribution in [0, 0.1) is 0 Å². The van der Waals surface area contributed by atoms with Crippen LogP contribution in [0.1, 0.15) is 42.7 Å². The topological polar surface area (TPSA) is 61.8 Å². The number of hydrogen-bond acceptors (Lipinski definition) is 3. The first-order chi connectivity index (χ1) is 13.2. The average molecular weight is 361 g/mol. The Morgan fingerprint density at radius 3 is 2.67 bits per heavy atom. The summed E-state index contributed by atoms with van der Waals surface area (Å²) in [4.78, 5) is 24.8. The second-order valence-corrected chi connectivity index (χ2v) is 7.09. The lowest BCUT2D eigenvalue weighted by Crippen LogP contribution is -2.40. The lowest BCUT2D eigenvalue weighted by molar-refractivity contribution is -0.118. The Hall–Kier alpha value is -2.95. The molecule has 1 heterocycles. The standard InChI is InChI=1S/C22H23N3O2/c26-21-14-13-20(24-25(21)18-10-2-1-3-11-18)22(27)23-15-17-9-6-8-16-7-4-5-12-19(16)17/h1-5,7,10-12,17H,6,8-9,13-15H2,(H,23,27). The third-order valence-electron chi connectivity index (χ3n) is 5.30. The molecular formula is C22H23N3O2. The molecule has 2 aromatic rings. The maximum absolute atomic E-state index is 12.7. The molecule has 0 aromatic heterocycles. The van der Waals surface area contributed by atoms with E-state index in [-0.39, 0.29) is 11.8 Å². The number of aryl methyl sites for hydroxylation is 1. The first-order valence-electron chi connectivity index (χ1n) is 9.54. The Bertz CT molecular complexity index is 876. The predicted octanol–water partition coefficient (Wildman–Crippen LogP) is 3.41. The van der Waals surface area contributed by atoms with Gasteiger partial charge in [0.05, 0.1) is 5.69 Å². The lowest BCUT2D eigenvalue weighted by atomic mass is 9.83. The number of carbonyl (C=O) groups excluding carboxylic acids is 2. The van der Waals surface area contributed by atoms with E-state index in [1.807, 2.05) is 30.3 Å². The zero-order valence-corrected chi connectivity index (χ0v) is 15.2. The van der Waals surface area contributed by atoms with Gasteiger partial charge in [0.2, 0.25) is 5.91 Å². The zero-order chi connectivity index (χ0) is 18.6. The minimum atomic E-state index is -0.175. The Morgan fingerprint density at radius 2 is 1.81 bits per heavy atom. The smallest absolute Gasteiger partial charge is 0.267 e. The van der Waals surface area contributed by atoms with Crippen LogP contribution in [0.5, 0.6) is 0 Å². The Balaban J connectivity index is 1.45. The van der Waals surface area contributed by atoms with Crippen molar-refractivity contribution in [2.75, 3.05) is 11.6 Å². The quantitative estimate of drug-likeness (QED) is 0.907. The van der Waals surface area contributed by atoms with Gasteiger partial charge in [0, 0.05) is 25.3 Å². The van der Waals surface area contributed by atoms with Crippen molar-refractivity contribution >= 4 is 23.2 Å². The number of hydrogen-bond donors (Lipinski definition) is 1. The molecule has 27 heavy (non-hydrogen) atoms. The minimum Gasteiger partial charge on any atom is -0.350 e. The van der Waals surface area contributed by atoms with Crippen molar-refractivity contribution in [3.8, 4) is 0 Å². The summed E-state index contributed by atoms with van der Waals surface area (Å²) in [6, 6.07) is 17.7. The summed E-state index contributed by atoms with van der Waals surface area (Å²) >= 11 is 0. The van der Waals surface area contributed by atoms with E-state index in [1.54, 1.807) is 0 Å². The summed E-state index contributed by atoms with van der Waals surface area (Å²) in [6.45, 7) is 0.605. The molecule has 0 saturated carbocycles. The van der Waals surface area contributed by atoms with Crippen molar-refractivity contribution in [1.82, 2.24) is 5.32 Å². The van der Waals surface area contributed by atoms with E-state index >= 15 is 0 Å². The van der Waals surface area contributed by atoms with Crippen LogP contribution >= 0.6 is 0 Å². The van der Waals surface area contributed by atoms with Crippen molar-refractivity contribution in [3.63, 3.8) is 0 Å². The molecule has 2 aromatic carbocycles. The zero-order valence-electron chi connectivity index (χ0n) is 15.2. The van der Waals surface area contributed by atoms with Crippen molar-refractivity contribution in [2.45, 2.75) is 38.0 Å². The van der Waals surface area contributed by atoms with Crippen LogP contribution in [-0.4, -0.2) is 24.1 Å². The molecule has 0 saturated heterocycles. The van der Waals surface area contributed by atoms with E-state index < -0.39 is 0 Å². The van der Waals surface area contributed by atoms with E-state index in [9.17, 15) is 9.59 Å². The molecule has 0 spiro atoms. The van der Waals surface area contributed by atoms with Crippen LogP contribution in [0.2, 0.25) is 0 Å². The number of carbonyl (C=O) groups is 2. The van der Waals surface area contributed by atoms with Gasteiger partial charge >= 0.3 is 0 Å². The maximum atomic E-state index is 12.7. The van der Waals surface area contributed by atoms with Crippen LogP contribution in [0.25, 0.3) is 0 Å². The van der Waals surface area contributed by atoms with E-state index in [4.69, 9.17) is 0 Å². The molecule has 2 aliphatic rings. The fraction of sp³-hybridized carbons (Fsp3) is 0.318. The molecule has 138 valence electrons. The van der Waals surface area contributed by atoms with E-state index in [2.05, 4.69) is 34.7 Å². The van der Waals surface area contributed by atoms with Gasteiger partial charge in [-0.05, 0) is 42.5 Å². The number of rotatable bonds is 4. The van der Waals surface area contributed by atoms with Crippen molar-refractivity contribution < 1.29 is 9.59 Å². The fourth-order valence-electron chi connectivity index (χ4n) is 3.87. The van der Waals surface area contributed by atoms with Crippen LogP contribution < -0.4 is 10.3 Å². The summed E-state index contributed by atoms with van der Waals surface area (Å²) in [5.74, 6) is 0.0837. The molecule has 5 heteroatoms. The first kappa shape index (κ1) is 17.5. The molecule has 1 aliphatic carbocycles.